The van der Waals surface area contributed by atoms with Crippen LogP contribution in [0.5, 0.6) is 5.75 Å². The first kappa shape index (κ1) is 24.7. The van der Waals surface area contributed by atoms with E-state index in [-0.39, 0.29) is 6.10 Å². The van der Waals surface area contributed by atoms with Gasteiger partial charge in [-0.3, -0.25) is 9.78 Å². The number of anilines is 2. The van der Waals surface area contributed by atoms with Gasteiger partial charge in [0.25, 0.3) is 0 Å². The van der Waals surface area contributed by atoms with E-state index in [2.05, 4.69) is 19.9 Å². The van der Waals surface area contributed by atoms with E-state index in [1.807, 2.05) is 6.07 Å². The van der Waals surface area contributed by atoms with Crippen LogP contribution in [0.1, 0.15) is 31.2 Å². The lowest BCUT2D eigenvalue weighted by Gasteiger charge is -2.33. The van der Waals surface area contributed by atoms with Crippen LogP contribution in [0.15, 0.2) is 42.7 Å². The van der Waals surface area contributed by atoms with Crippen molar-refractivity contribution in [2.75, 3.05) is 23.3 Å². The molecule has 2 aromatic heterocycles. The van der Waals surface area contributed by atoms with Crippen LogP contribution in [0.2, 0.25) is 0 Å². The number of carbonyl (C=O) groups is 2. The van der Waals surface area contributed by atoms with Gasteiger partial charge in [-0.2, -0.15) is 13.2 Å². The van der Waals surface area contributed by atoms with Gasteiger partial charge < -0.3 is 19.7 Å². The van der Waals surface area contributed by atoms with Crippen LogP contribution in [0.25, 0.3) is 11.0 Å². The van der Waals surface area contributed by atoms with Crippen molar-refractivity contribution in [1.82, 2.24) is 15.0 Å². The minimum atomic E-state index is -5.21. The van der Waals surface area contributed by atoms with Gasteiger partial charge in [0.1, 0.15) is 17.4 Å². The maximum absolute atomic E-state index is 12.2. The van der Waals surface area contributed by atoms with E-state index >= 15 is 0 Å². The van der Waals surface area contributed by atoms with E-state index in [9.17, 15) is 22.8 Å². The number of nitrogens with zero attached hydrogens (tertiary/aromatic N) is 4. The molecule has 0 atom stereocenters. The van der Waals surface area contributed by atoms with Crippen LogP contribution < -0.4 is 15.0 Å². The highest BCUT2D eigenvalue weighted by Crippen LogP contribution is 2.32. The van der Waals surface area contributed by atoms with Crippen molar-refractivity contribution in [3.8, 4) is 5.75 Å². The van der Waals surface area contributed by atoms with Crippen LogP contribution >= 0.6 is 0 Å². The summed E-state index contributed by atoms with van der Waals surface area (Å²) in [6.07, 6.45) is 1.45. The number of carbonyl (C=O) groups excluding carboxylic acids is 2. The quantitative estimate of drug-likeness (QED) is 0.371. The van der Waals surface area contributed by atoms with Gasteiger partial charge in [-0.05, 0) is 36.6 Å². The van der Waals surface area contributed by atoms with Gasteiger partial charge in [-0.1, -0.05) is 12.1 Å². The van der Waals surface area contributed by atoms with E-state index in [1.165, 1.54) is 0 Å². The minimum absolute atomic E-state index is 0.0357. The van der Waals surface area contributed by atoms with E-state index in [1.54, 1.807) is 36.7 Å². The molecular weight excluding hydrogens is 491 g/mol. The Morgan fingerprint density at radius 3 is 2.41 bits per heavy atom. The summed E-state index contributed by atoms with van der Waals surface area (Å²) in [7, 11) is 0. The molecule has 1 saturated heterocycles. The number of alkyl halides is 3. The first-order valence-corrected chi connectivity index (χ1v) is 12.0. The number of piperidine rings is 1. The summed E-state index contributed by atoms with van der Waals surface area (Å²) in [5.74, 6) is -1.62. The Morgan fingerprint density at radius 1 is 1.00 bits per heavy atom. The summed E-state index contributed by atoms with van der Waals surface area (Å²) in [6, 6.07) is 8.67. The average Bonchev–Trinajstić information content (AvgIpc) is 3.69. The Labute approximate surface area is 210 Å². The third-order valence-electron chi connectivity index (χ3n) is 6.12. The molecule has 2 aliphatic rings. The molecule has 3 heterocycles. The topological polar surface area (TPSA) is 107 Å². The fourth-order valence-corrected chi connectivity index (χ4v) is 4.06. The third-order valence-corrected chi connectivity index (χ3v) is 6.12. The molecule has 5 rings (SSSR count). The first-order chi connectivity index (χ1) is 17.7. The zero-order chi connectivity index (χ0) is 26.0. The smallest absolute Gasteiger partial charge is 0.490 e. The van der Waals surface area contributed by atoms with Gasteiger partial charge in [0.2, 0.25) is 0 Å². The number of ether oxygens (including phenoxy) is 2. The normalized spacial score (nSPS) is 16.5. The number of pyridine rings is 1. The molecular formula is C25H24F3N5O4. The minimum Gasteiger partial charge on any atom is -0.490 e. The van der Waals surface area contributed by atoms with Gasteiger partial charge in [-0.25, -0.2) is 14.8 Å². The summed E-state index contributed by atoms with van der Waals surface area (Å²) in [6.45, 7) is 1.45. The van der Waals surface area contributed by atoms with Crippen LogP contribution in [0.3, 0.4) is 0 Å². The number of halogens is 3. The summed E-state index contributed by atoms with van der Waals surface area (Å²) in [4.78, 5) is 38.3. The Morgan fingerprint density at radius 2 is 1.73 bits per heavy atom. The summed E-state index contributed by atoms with van der Waals surface area (Å²) >= 11 is 0. The van der Waals surface area contributed by atoms with Crippen molar-refractivity contribution >= 4 is 34.6 Å². The SMILES string of the molecule is O=C(Cc1ccc(OC2CCN(c3nc4cnccc4nc3NC3CC3)CC2)cc1)OC(=O)C(F)(F)F. The van der Waals surface area contributed by atoms with Gasteiger partial charge in [-0.15, -0.1) is 0 Å². The molecule has 37 heavy (non-hydrogen) atoms. The number of hydrogen-bond acceptors (Lipinski definition) is 9. The molecule has 0 spiro atoms. The molecule has 3 aromatic rings. The number of aromatic nitrogens is 3. The zero-order valence-corrected chi connectivity index (χ0v) is 19.7. The zero-order valence-electron chi connectivity index (χ0n) is 19.7. The largest absolute Gasteiger partial charge is 0.491 e. The van der Waals surface area contributed by atoms with Crippen molar-refractivity contribution < 1.29 is 32.2 Å². The molecule has 0 unspecified atom stereocenters. The van der Waals surface area contributed by atoms with Crippen molar-refractivity contribution in [2.45, 2.75) is 50.4 Å². The highest BCUT2D eigenvalue weighted by atomic mass is 19.4. The number of nitrogens with one attached hydrogen (secondary N) is 1. The fourth-order valence-electron chi connectivity index (χ4n) is 4.06. The van der Waals surface area contributed by atoms with Crippen molar-refractivity contribution in [3.63, 3.8) is 0 Å². The maximum atomic E-state index is 12.2. The molecule has 1 N–H and O–H groups in total. The van der Waals surface area contributed by atoms with Crippen molar-refractivity contribution in [2.24, 2.45) is 0 Å². The predicted octanol–water partition coefficient (Wildman–Crippen LogP) is 3.82. The molecule has 0 bridgehead atoms. The second-order valence-corrected chi connectivity index (χ2v) is 9.06. The van der Waals surface area contributed by atoms with Crippen LogP contribution in [-0.4, -0.2) is 58.3 Å². The third kappa shape index (κ3) is 6.25. The second kappa shape index (κ2) is 10.2. The van der Waals surface area contributed by atoms with Crippen LogP contribution in [0, 0.1) is 0 Å². The molecule has 12 heteroatoms. The predicted molar refractivity (Wildman–Crippen MR) is 127 cm³/mol. The van der Waals surface area contributed by atoms with Gasteiger partial charge in [0.05, 0.1) is 18.1 Å². The lowest BCUT2D eigenvalue weighted by atomic mass is 10.1. The van der Waals surface area contributed by atoms with Gasteiger partial charge in [0.15, 0.2) is 11.6 Å². The van der Waals surface area contributed by atoms with Crippen LogP contribution in [-0.2, 0) is 20.7 Å². The van der Waals surface area contributed by atoms with Gasteiger partial charge in [0, 0.05) is 38.2 Å². The molecule has 0 amide bonds. The molecule has 2 fully saturated rings. The molecule has 194 valence electrons. The van der Waals surface area contributed by atoms with E-state index in [0.717, 1.165) is 61.4 Å². The Hall–Kier alpha value is -3.96. The standard InChI is InChI=1S/C25H24F3N5O4/c26-25(27,28)24(35)37-21(34)13-15-1-5-17(6-2-15)36-18-8-11-33(12-9-18)23-22(30-16-3-4-16)31-19-7-10-29-14-20(19)32-23/h1-2,5-7,10,14,16,18H,3-4,8-9,11-13H2,(H,30,31). The molecule has 0 radical (unpaired) electrons. The number of fused-ring (bicyclic) bond motifs is 1. The highest BCUT2D eigenvalue weighted by molar-refractivity contribution is 5.89. The fraction of sp³-hybridized carbons (Fsp3) is 0.400. The Balaban J connectivity index is 1.16. The summed E-state index contributed by atoms with van der Waals surface area (Å²) in [5, 5.41) is 3.49. The van der Waals surface area contributed by atoms with Crippen LogP contribution in [0.4, 0.5) is 24.8 Å². The summed E-state index contributed by atoms with van der Waals surface area (Å²) < 4.78 is 46.6. The second-order valence-electron chi connectivity index (χ2n) is 9.06. The molecule has 9 nitrogen and oxygen atoms in total. The lowest BCUT2D eigenvalue weighted by molar-refractivity contribution is -0.201. The number of hydrogen-bond donors (Lipinski definition) is 1. The molecule has 1 aliphatic heterocycles. The average molecular weight is 515 g/mol. The van der Waals surface area contributed by atoms with E-state index < -0.39 is 24.5 Å². The molecule has 1 aromatic carbocycles. The Kier molecular flexibility index (Phi) is 6.81. The summed E-state index contributed by atoms with van der Waals surface area (Å²) in [5.41, 5.74) is 1.94. The number of rotatable bonds is 7. The van der Waals surface area contributed by atoms with E-state index in [0.29, 0.717) is 17.4 Å². The maximum Gasteiger partial charge on any atom is 0.491 e. The van der Waals surface area contributed by atoms with Crippen molar-refractivity contribution in [1.29, 1.82) is 0 Å². The van der Waals surface area contributed by atoms with E-state index in [4.69, 9.17) is 14.7 Å². The first-order valence-electron chi connectivity index (χ1n) is 12.0. The van der Waals surface area contributed by atoms with Crippen molar-refractivity contribution in [3.05, 3.63) is 48.3 Å². The monoisotopic (exact) mass is 515 g/mol. The number of benzene rings is 1. The molecule has 1 saturated carbocycles. The number of esters is 2. The molecule has 1 aliphatic carbocycles. The highest BCUT2D eigenvalue weighted by Gasteiger charge is 2.42. The Bertz CT molecular complexity index is 1290. The van der Waals surface area contributed by atoms with Gasteiger partial charge >= 0.3 is 18.1 Å². The lowest BCUT2D eigenvalue weighted by Crippen LogP contribution is -2.39.